The van der Waals surface area contributed by atoms with Crippen LogP contribution in [0.5, 0.6) is 5.75 Å². The zero-order chi connectivity index (χ0) is 24.1. The second-order valence-electron chi connectivity index (χ2n) is 7.20. The van der Waals surface area contributed by atoms with Crippen molar-refractivity contribution in [2.45, 2.75) is 20.5 Å². The molecule has 4 nitrogen and oxygen atoms in total. The van der Waals surface area contributed by atoms with E-state index in [1.165, 1.54) is 12.1 Å². The summed E-state index contributed by atoms with van der Waals surface area (Å²) in [5, 5.41) is 13.9. The molecule has 0 fully saturated rings. The minimum absolute atomic E-state index is 0.0920. The molecule has 168 valence electrons. The summed E-state index contributed by atoms with van der Waals surface area (Å²) in [6.07, 6.45) is 1.39. The van der Waals surface area contributed by atoms with Crippen molar-refractivity contribution in [3.63, 3.8) is 0 Å². The van der Waals surface area contributed by atoms with Gasteiger partial charge in [-0.15, -0.1) is 0 Å². The van der Waals surface area contributed by atoms with Gasteiger partial charge in [-0.3, -0.25) is 4.79 Å². The lowest BCUT2D eigenvalue weighted by atomic mass is 10.1. The number of nitriles is 1. The average molecular weight is 520 g/mol. The maximum Gasteiger partial charge on any atom is 0.266 e. The summed E-state index contributed by atoms with van der Waals surface area (Å²) in [6, 6.07) is 15.6. The van der Waals surface area contributed by atoms with E-state index in [1.54, 1.807) is 30.3 Å². The highest BCUT2D eigenvalue weighted by Crippen LogP contribution is 2.35. The van der Waals surface area contributed by atoms with E-state index in [4.69, 9.17) is 51.1 Å². The van der Waals surface area contributed by atoms with Gasteiger partial charge in [0.25, 0.3) is 5.91 Å². The molecular formula is C25H18Cl4N2O2. The molecule has 3 rings (SSSR count). The van der Waals surface area contributed by atoms with Gasteiger partial charge >= 0.3 is 0 Å². The minimum Gasteiger partial charge on any atom is -0.487 e. The van der Waals surface area contributed by atoms with E-state index >= 15 is 0 Å². The first-order valence-electron chi connectivity index (χ1n) is 9.74. The molecule has 0 saturated heterocycles. The molecule has 8 heteroatoms. The molecule has 0 saturated carbocycles. The summed E-state index contributed by atoms with van der Waals surface area (Å²) >= 11 is 24.7. The Labute approximate surface area is 212 Å². The van der Waals surface area contributed by atoms with Crippen LogP contribution in [0.15, 0.2) is 54.1 Å². The molecule has 0 atom stereocenters. The predicted molar refractivity (Wildman–Crippen MR) is 135 cm³/mol. The van der Waals surface area contributed by atoms with Gasteiger partial charge in [0.1, 0.15) is 24.0 Å². The number of carbonyl (C=O) groups is 1. The third-order valence-corrected chi connectivity index (χ3v) is 6.03. The van der Waals surface area contributed by atoms with Crippen LogP contribution in [-0.2, 0) is 11.4 Å². The van der Waals surface area contributed by atoms with Crippen LogP contribution in [0.25, 0.3) is 6.08 Å². The smallest absolute Gasteiger partial charge is 0.266 e. The maximum absolute atomic E-state index is 12.8. The van der Waals surface area contributed by atoms with Gasteiger partial charge in [-0.1, -0.05) is 64.6 Å². The summed E-state index contributed by atoms with van der Waals surface area (Å²) in [5.41, 5.74) is 3.49. The number of aryl methyl sites for hydroxylation is 1. The van der Waals surface area contributed by atoms with Crippen molar-refractivity contribution < 1.29 is 9.53 Å². The summed E-state index contributed by atoms with van der Waals surface area (Å²) < 4.78 is 5.90. The number of rotatable bonds is 6. The van der Waals surface area contributed by atoms with E-state index in [2.05, 4.69) is 5.32 Å². The van der Waals surface area contributed by atoms with Crippen molar-refractivity contribution in [1.29, 1.82) is 5.26 Å². The van der Waals surface area contributed by atoms with E-state index < -0.39 is 5.91 Å². The molecule has 0 aromatic heterocycles. The highest BCUT2D eigenvalue weighted by Gasteiger charge is 2.16. The zero-order valence-electron chi connectivity index (χ0n) is 17.7. The number of halogens is 4. The number of benzene rings is 3. The van der Waals surface area contributed by atoms with Crippen molar-refractivity contribution in [2.24, 2.45) is 0 Å². The second-order valence-corrected chi connectivity index (χ2v) is 8.89. The van der Waals surface area contributed by atoms with Crippen LogP contribution in [0, 0.1) is 25.2 Å². The largest absolute Gasteiger partial charge is 0.487 e. The van der Waals surface area contributed by atoms with Gasteiger partial charge in [0.15, 0.2) is 0 Å². The number of hydrogen-bond donors (Lipinski definition) is 1. The first-order chi connectivity index (χ1) is 15.7. The molecule has 33 heavy (non-hydrogen) atoms. The number of carbonyl (C=O) groups excluding carboxylic acids is 1. The number of nitrogens with zero attached hydrogens (tertiary/aromatic N) is 1. The Morgan fingerprint density at radius 2 is 1.76 bits per heavy atom. The Bertz CT molecular complexity index is 1300. The first-order valence-corrected chi connectivity index (χ1v) is 11.3. The Hall–Kier alpha value is -2.68. The van der Waals surface area contributed by atoms with Crippen LogP contribution < -0.4 is 10.1 Å². The van der Waals surface area contributed by atoms with E-state index in [1.807, 2.05) is 32.0 Å². The normalized spacial score (nSPS) is 11.1. The Morgan fingerprint density at radius 3 is 2.45 bits per heavy atom. The summed E-state index contributed by atoms with van der Waals surface area (Å²) in [7, 11) is 0. The molecule has 0 aliphatic heterocycles. The average Bonchev–Trinajstić information content (AvgIpc) is 2.75. The minimum atomic E-state index is -0.561. The van der Waals surface area contributed by atoms with Gasteiger partial charge < -0.3 is 10.1 Å². The lowest BCUT2D eigenvalue weighted by Crippen LogP contribution is -2.14. The SMILES string of the molecule is Cc1cccc(NC(=O)/C(C#N)=C/c2cc(Cl)cc(Cl)c2OCc2ccc(Cl)cc2Cl)c1C. The van der Waals surface area contributed by atoms with E-state index in [-0.39, 0.29) is 23.0 Å². The molecular weight excluding hydrogens is 502 g/mol. The summed E-state index contributed by atoms with van der Waals surface area (Å²) in [4.78, 5) is 12.8. The van der Waals surface area contributed by atoms with Gasteiger partial charge in [-0.25, -0.2) is 0 Å². The van der Waals surface area contributed by atoms with Gasteiger partial charge in [-0.05, 0) is 61.4 Å². The third kappa shape index (κ3) is 6.22. The summed E-state index contributed by atoms with van der Waals surface area (Å²) in [5.74, 6) is -0.298. The lowest BCUT2D eigenvalue weighted by molar-refractivity contribution is -0.112. The Balaban J connectivity index is 1.92. The molecule has 1 N–H and O–H groups in total. The highest BCUT2D eigenvalue weighted by molar-refractivity contribution is 6.36. The lowest BCUT2D eigenvalue weighted by Gasteiger charge is -2.14. The van der Waals surface area contributed by atoms with Gasteiger partial charge in [0.2, 0.25) is 0 Å². The fourth-order valence-corrected chi connectivity index (χ4v) is 4.04. The van der Waals surface area contributed by atoms with E-state index in [0.717, 1.165) is 11.1 Å². The standard InChI is InChI=1S/C25H18Cl4N2O2/c1-14-4-3-5-23(15(14)2)31-25(32)18(12-30)8-17-9-20(27)11-22(29)24(17)33-13-16-6-7-19(26)10-21(16)28/h3-11H,13H2,1-2H3,(H,31,32)/b18-8+. The quantitative estimate of drug-likeness (QED) is 0.264. The number of amides is 1. The monoisotopic (exact) mass is 518 g/mol. The van der Waals surface area contributed by atoms with Crippen LogP contribution in [0.2, 0.25) is 20.1 Å². The zero-order valence-corrected chi connectivity index (χ0v) is 20.7. The first kappa shape index (κ1) is 25.0. The molecule has 0 heterocycles. The van der Waals surface area contributed by atoms with Crippen LogP contribution in [0.3, 0.4) is 0 Å². The number of nitrogens with one attached hydrogen (secondary N) is 1. The topological polar surface area (TPSA) is 62.1 Å². The predicted octanol–water partition coefficient (Wildman–Crippen LogP) is 8.04. The van der Waals surface area contributed by atoms with E-state index in [9.17, 15) is 10.1 Å². The van der Waals surface area contributed by atoms with Crippen LogP contribution in [0.4, 0.5) is 5.69 Å². The Kier molecular flexibility index (Phi) is 8.29. The van der Waals surface area contributed by atoms with Crippen molar-refractivity contribution in [2.75, 3.05) is 5.32 Å². The van der Waals surface area contributed by atoms with Crippen molar-refractivity contribution >= 4 is 64.1 Å². The van der Waals surface area contributed by atoms with Crippen molar-refractivity contribution in [3.05, 3.63) is 96.4 Å². The fourth-order valence-electron chi connectivity index (χ4n) is 3.01. The summed E-state index contributed by atoms with van der Waals surface area (Å²) in [6.45, 7) is 3.93. The Morgan fingerprint density at radius 1 is 1.03 bits per heavy atom. The van der Waals surface area contributed by atoms with Crippen molar-refractivity contribution in [3.8, 4) is 11.8 Å². The number of hydrogen-bond acceptors (Lipinski definition) is 3. The van der Waals surface area contributed by atoms with Crippen LogP contribution in [0.1, 0.15) is 22.3 Å². The third-order valence-electron chi connectivity index (χ3n) is 4.94. The molecule has 0 radical (unpaired) electrons. The maximum atomic E-state index is 12.8. The molecule has 0 aliphatic rings. The molecule has 3 aromatic carbocycles. The molecule has 1 amide bonds. The van der Waals surface area contributed by atoms with Crippen molar-refractivity contribution in [1.82, 2.24) is 0 Å². The van der Waals surface area contributed by atoms with Gasteiger partial charge in [0.05, 0.1) is 5.02 Å². The van der Waals surface area contributed by atoms with Crippen LogP contribution in [-0.4, -0.2) is 5.91 Å². The van der Waals surface area contributed by atoms with Gasteiger partial charge in [0, 0.05) is 31.9 Å². The molecule has 0 aliphatic carbocycles. The van der Waals surface area contributed by atoms with Gasteiger partial charge in [-0.2, -0.15) is 5.26 Å². The van der Waals surface area contributed by atoms with Crippen LogP contribution >= 0.6 is 46.4 Å². The molecule has 0 bridgehead atoms. The van der Waals surface area contributed by atoms with E-state index in [0.29, 0.717) is 31.9 Å². The number of ether oxygens (including phenoxy) is 1. The second kappa shape index (κ2) is 11.0. The highest BCUT2D eigenvalue weighted by atomic mass is 35.5. The fraction of sp³-hybridized carbons (Fsp3) is 0.120. The molecule has 3 aromatic rings. The number of anilines is 1. The molecule has 0 spiro atoms. The molecule has 0 unspecified atom stereocenters.